The zero-order valence-corrected chi connectivity index (χ0v) is 16.7. The van der Waals surface area contributed by atoms with E-state index in [9.17, 15) is 0 Å². The van der Waals surface area contributed by atoms with Crippen molar-refractivity contribution >= 4 is 0 Å². The first-order chi connectivity index (χ1) is 11.6. The summed E-state index contributed by atoms with van der Waals surface area (Å²) in [5, 5.41) is 7.88. The van der Waals surface area contributed by atoms with Crippen LogP contribution in [0.15, 0.2) is 0 Å². The lowest BCUT2D eigenvalue weighted by atomic mass is 9.75. The van der Waals surface area contributed by atoms with Crippen LogP contribution in [0.4, 0.5) is 0 Å². The minimum atomic E-state index is 0.584. The van der Waals surface area contributed by atoms with Crippen LogP contribution in [0.5, 0.6) is 0 Å². The predicted molar refractivity (Wildman–Crippen MR) is 105 cm³/mol. The lowest BCUT2D eigenvalue weighted by Crippen LogP contribution is -2.47. The van der Waals surface area contributed by atoms with Crippen LogP contribution in [-0.2, 0) is 0 Å². The highest BCUT2D eigenvalue weighted by Crippen LogP contribution is 2.43. The molecule has 2 rings (SSSR count). The molecule has 0 aromatic carbocycles. The summed E-state index contributed by atoms with van der Waals surface area (Å²) in [7, 11) is 0. The normalized spacial score (nSPS) is 36.1. The van der Waals surface area contributed by atoms with Gasteiger partial charge in [0.2, 0.25) is 0 Å². The topological polar surface area (TPSA) is 50.1 Å². The second-order valence-corrected chi connectivity index (χ2v) is 8.71. The molecule has 3 nitrogen and oxygen atoms in total. The fourth-order valence-corrected chi connectivity index (χ4v) is 5.51. The molecule has 0 aromatic rings. The molecule has 1 saturated carbocycles. The summed E-state index contributed by atoms with van der Waals surface area (Å²) in [4.78, 5) is 0. The second-order valence-electron chi connectivity index (χ2n) is 8.71. The average Bonchev–Trinajstić information content (AvgIpc) is 3.18. The molecule has 2 fully saturated rings. The molecule has 1 aliphatic carbocycles. The first-order valence-electron chi connectivity index (χ1n) is 10.8. The molecule has 1 aliphatic heterocycles. The molecule has 142 valence electrons. The molecule has 1 heterocycles. The molecule has 24 heavy (non-hydrogen) atoms. The molecule has 0 aromatic heterocycles. The van der Waals surface area contributed by atoms with E-state index in [2.05, 4.69) is 38.3 Å². The molecular formula is C21H43N3. The molecule has 0 radical (unpaired) electrons. The Bertz CT molecular complexity index is 346. The Morgan fingerprint density at radius 2 is 2.04 bits per heavy atom. The highest BCUT2D eigenvalue weighted by molar-refractivity contribution is 4.99. The lowest BCUT2D eigenvalue weighted by Gasteiger charge is -2.35. The van der Waals surface area contributed by atoms with Crippen LogP contribution >= 0.6 is 0 Å². The smallest absolute Gasteiger partial charge is 0.0113 e. The van der Waals surface area contributed by atoms with Crippen molar-refractivity contribution in [2.75, 3.05) is 13.1 Å². The summed E-state index contributed by atoms with van der Waals surface area (Å²) in [6.07, 6.45) is 10.7. The summed E-state index contributed by atoms with van der Waals surface area (Å²) < 4.78 is 0. The first-order valence-corrected chi connectivity index (χ1v) is 10.8. The van der Waals surface area contributed by atoms with Gasteiger partial charge in [0.15, 0.2) is 0 Å². The van der Waals surface area contributed by atoms with Gasteiger partial charge in [-0.3, -0.25) is 0 Å². The van der Waals surface area contributed by atoms with E-state index in [1.165, 1.54) is 51.5 Å². The number of nitrogens with one attached hydrogen (secondary N) is 2. The van der Waals surface area contributed by atoms with E-state index < -0.39 is 0 Å². The monoisotopic (exact) mass is 337 g/mol. The summed E-state index contributed by atoms with van der Waals surface area (Å²) >= 11 is 0. The highest BCUT2D eigenvalue weighted by atomic mass is 15.0. The van der Waals surface area contributed by atoms with Crippen molar-refractivity contribution in [3.8, 4) is 0 Å². The van der Waals surface area contributed by atoms with Gasteiger partial charge >= 0.3 is 0 Å². The maximum Gasteiger partial charge on any atom is 0.0113 e. The number of unbranched alkanes of at least 4 members (excludes halogenated alkanes) is 1. The summed E-state index contributed by atoms with van der Waals surface area (Å²) in [5.41, 5.74) is 5.82. The third-order valence-electron chi connectivity index (χ3n) is 6.87. The Hall–Kier alpha value is -0.120. The largest absolute Gasteiger partial charge is 0.330 e. The third-order valence-corrected chi connectivity index (χ3v) is 6.87. The van der Waals surface area contributed by atoms with Gasteiger partial charge in [-0.1, -0.05) is 40.0 Å². The minimum Gasteiger partial charge on any atom is -0.330 e. The molecule has 1 saturated heterocycles. The van der Waals surface area contributed by atoms with Crippen LogP contribution in [0.25, 0.3) is 0 Å². The van der Waals surface area contributed by atoms with E-state index >= 15 is 0 Å². The van der Waals surface area contributed by atoms with Crippen LogP contribution in [0.2, 0.25) is 0 Å². The van der Waals surface area contributed by atoms with Crippen molar-refractivity contribution in [1.29, 1.82) is 0 Å². The van der Waals surface area contributed by atoms with Crippen LogP contribution in [0, 0.1) is 23.7 Å². The fraction of sp³-hybridized carbons (Fsp3) is 1.00. The summed E-state index contributed by atoms with van der Waals surface area (Å²) in [6.45, 7) is 11.5. The Kier molecular flexibility index (Phi) is 8.53. The first kappa shape index (κ1) is 20.2. The van der Waals surface area contributed by atoms with Gasteiger partial charge < -0.3 is 16.4 Å². The van der Waals surface area contributed by atoms with Crippen LogP contribution in [0.3, 0.4) is 0 Å². The van der Waals surface area contributed by atoms with E-state index in [1.54, 1.807) is 0 Å². The molecule has 7 unspecified atom stereocenters. The standard InChI is InChI=1S/C21H43N3/c1-5-7-8-20-21(16(4)24-18(6-2)11-12-22)19(14-23-20)17-10-9-15(3)13-17/h15-21,23-24H,5-14,22H2,1-4H3. The maximum atomic E-state index is 5.82. The number of rotatable bonds is 10. The highest BCUT2D eigenvalue weighted by Gasteiger charge is 2.44. The third kappa shape index (κ3) is 5.19. The van der Waals surface area contributed by atoms with Crippen LogP contribution in [0.1, 0.15) is 79.1 Å². The fourth-order valence-electron chi connectivity index (χ4n) is 5.51. The quantitative estimate of drug-likeness (QED) is 0.566. The van der Waals surface area contributed by atoms with Gasteiger partial charge in [0, 0.05) is 18.1 Å². The Labute approximate surface area is 150 Å². The minimum absolute atomic E-state index is 0.584. The van der Waals surface area contributed by atoms with E-state index in [0.29, 0.717) is 18.1 Å². The van der Waals surface area contributed by atoms with Gasteiger partial charge in [0.1, 0.15) is 0 Å². The molecule has 7 atom stereocenters. The Balaban J connectivity index is 2.04. The van der Waals surface area contributed by atoms with Crippen molar-refractivity contribution in [3.05, 3.63) is 0 Å². The van der Waals surface area contributed by atoms with E-state index in [1.807, 2.05) is 0 Å². The average molecular weight is 338 g/mol. The second kappa shape index (κ2) is 10.1. The zero-order valence-electron chi connectivity index (χ0n) is 16.7. The predicted octanol–water partition coefficient (Wildman–Crippen LogP) is 3.92. The van der Waals surface area contributed by atoms with Crippen LogP contribution < -0.4 is 16.4 Å². The van der Waals surface area contributed by atoms with E-state index in [-0.39, 0.29) is 0 Å². The molecule has 0 spiro atoms. The van der Waals surface area contributed by atoms with Crippen LogP contribution in [-0.4, -0.2) is 31.2 Å². The molecular weight excluding hydrogens is 294 g/mol. The maximum absolute atomic E-state index is 5.82. The van der Waals surface area contributed by atoms with Gasteiger partial charge in [-0.2, -0.15) is 0 Å². The zero-order chi connectivity index (χ0) is 17.5. The van der Waals surface area contributed by atoms with Gasteiger partial charge in [-0.25, -0.2) is 0 Å². The van der Waals surface area contributed by atoms with Gasteiger partial charge in [0.05, 0.1) is 0 Å². The number of hydrogen-bond acceptors (Lipinski definition) is 3. The SMILES string of the molecule is CCCCC1NCC(C2CCC(C)C2)C1C(C)NC(CC)CCN. The van der Waals surface area contributed by atoms with Gasteiger partial charge in [0.25, 0.3) is 0 Å². The van der Waals surface area contributed by atoms with E-state index in [0.717, 1.165) is 36.6 Å². The van der Waals surface area contributed by atoms with Gasteiger partial charge in [-0.15, -0.1) is 0 Å². The molecule has 0 amide bonds. The molecule has 0 bridgehead atoms. The Morgan fingerprint density at radius 1 is 1.25 bits per heavy atom. The van der Waals surface area contributed by atoms with Gasteiger partial charge in [-0.05, 0) is 75.8 Å². The molecule has 4 N–H and O–H groups in total. The number of nitrogens with two attached hydrogens (primary N) is 1. The Morgan fingerprint density at radius 3 is 2.62 bits per heavy atom. The molecule has 3 heteroatoms. The van der Waals surface area contributed by atoms with E-state index in [4.69, 9.17) is 5.73 Å². The van der Waals surface area contributed by atoms with Crippen molar-refractivity contribution in [2.45, 2.75) is 97.2 Å². The van der Waals surface area contributed by atoms with Crippen molar-refractivity contribution in [3.63, 3.8) is 0 Å². The summed E-state index contributed by atoms with van der Waals surface area (Å²) in [6, 6.07) is 1.89. The lowest BCUT2D eigenvalue weighted by molar-refractivity contribution is 0.193. The van der Waals surface area contributed by atoms with Crippen molar-refractivity contribution in [1.82, 2.24) is 10.6 Å². The molecule has 2 aliphatic rings. The summed E-state index contributed by atoms with van der Waals surface area (Å²) in [5.74, 6) is 3.55. The van der Waals surface area contributed by atoms with Crippen molar-refractivity contribution in [2.24, 2.45) is 29.4 Å². The van der Waals surface area contributed by atoms with Crippen molar-refractivity contribution < 1.29 is 0 Å². The number of hydrogen-bond donors (Lipinski definition) is 3.